The summed E-state index contributed by atoms with van der Waals surface area (Å²) in [5.74, 6) is 0.982. The van der Waals surface area contributed by atoms with E-state index in [1.807, 2.05) is 18.2 Å². The Morgan fingerprint density at radius 2 is 1.85 bits per heavy atom. The fourth-order valence-electron chi connectivity index (χ4n) is 3.91. The van der Waals surface area contributed by atoms with E-state index < -0.39 is 11.0 Å². The summed E-state index contributed by atoms with van der Waals surface area (Å²) in [4.78, 5) is 39.5. The number of non-ortho nitro benzene ring substituents is 1. The van der Waals surface area contributed by atoms with E-state index in [0.29, 0.717) is 61.9 Å². The first-order valence-corrected chi connectivity index (χ1v) is 10.9. The van der Waals surface area contributed by atoms with E-state index in [1.54, 1.807) is 24.0 Å². The van der Waals surface area contributed by atoms with Crippen molar-refractivity contribution in [3.05, 3.63) is 58.1 Å². The molecule has 0 spiro atoms. The van der Waals surface area contributed by atoms with Crippen LogP contribution in [-0.4, -0.2) is 72.0 Å². The Labute approximate surface area is 191 Å². The van der Waals surface area contributed by atoms with Crippen molar-refractivity contribution < 1.29 is 24.0 Å². The maximum absolute atomic E-state index is 12.8. The summed E-state index contributed by atoms with van der Waals surface area (Å²) in [6, 6.07) is 11.7. The average Bonchev–Trinajstić information content (AvgIpc) is 2.83. The molecule has 0 aromatic heterocycles. The highest BCUT2D eigenvalue weighted by Gasteiger charge is 2.32. The summed E-state index contributed by atoms with van der Waals surface area (Å²) in [6.45, 7) is 4.93. The SMILES string of the molecule is Cc1cc([N+](=O)[O-])ccc1NC(=O)CCN1CCN(C(=O)C2COc3ccccc3O2)CC1. The molecule has 10 nitrogen and oxygen atoms in total. The van der Waals surface area contributed by atoms with Gasteiger partial charge in [-0.15, -0.1) is 0 Å². The van der Waals surface area contributed by atoms with E-state index in [0.717, 1.165) is 0 Å². The zero-order chi connectivity index (χ0) is 23.4. The number of nitro benzene ring substituents is 1. The quantitative estimate of drug-likeness (QED) is 0.526. The van der Waals surface area contributed by atoms with Crippen molar-refractivity contribution in [1.82, 2.24) is 9.80 Å². The summed E-state index contributed by atoms with van der Waals surface area (Å²) in [7, 11) is 0. The first kappa shape index (κ1) is 22.5. The van der Waals surface area contributed by atoms with Gasteiger partial charge < -0.3 is 19.7 Å². The topological polar surface area (TPSA) is 114 Å². The molecule has 0 aliphatic carbocycles. The molecule has 1 unspecified atom stereocenters. The van der Waals surface area contributed by atoms with Crippen LogP contribution in [-0.2, 0) is 9.59 Å². The number of benzene rings is 2. The van der Waals surface area contributed by atoms with Crippen LogP contribution in [0.3, 0.4) is 0 Å². The molecule has 1 atom stereocenters. The predicted molar refractivity (Wildman–Crippen MR) is 120 cm³/mol. The van der Waals surface area contributed by atoms with Crippen molar-refractivity contribution >= 4 is 23.2 Å². The molecule has 4 rings (SSSR count). The molecule has 174 valence electrons. The summed E-state index contributed by atoms with van der Waals surface area (Å²) >= 11 is 0. The largest absolute Gasteiger partial charge is 0.485 e. The number of amides is 2. The molecule has 2 aromatic rings. The standard InChI is InChI=1S/C23H26N4O6/c1-16-14-17(27(30)31)6-7-18(16)24-22(28)8-9-25-10-12-26(13-11-25)23(29)21-15-32-19-4-2-3-5-20(19)33-21/h2-7,14,21H,8-13,15H2,1H3,(H,24,28). The fraction of sp³-hybridized carbons (Fsp3) is 0.391. The highest BCUT2D eigenvalue weighted by Crippen LogP contribution is 2.31. The van der Waals surface area contributed by atoms with Crippen molar-refractivity contribution in [2.75, 3.05) is 44.6 Å². The molecule has 10 heteroatoms. The van der Waals surface area contributed by atoms with Crippen LogP contribution in [0.25, 0.3) is 0 Å². The molecular weight excluding hydrogens is 428 g/mol. The molecule has 2 heterocycles. The maximum atomic E-state index is 12.8. The first-order chi connectivity index (χ1) is 15.9. The van der Waals surface area contributed by atoms with E-state index >= 15 is 0 Å². The minimum atomic E-state index is -0.651. The lowest BCUT2D eigenvalue weighted by Crippen LogP contribution is -2.54. The van der Waals surface area contributed by atoms with Gasteiger partial charge in [0.15, 0.2) is 11.5 Å². The maximum Gasteiger partial charge on any atom is 0.269 e. The second-order valence-corrected chi connectivity index (χ2v) is 8.09. The number of fused-ring (bicyclic) bond motifs is 1. The van der Waals surface area contributed by atoms with Crippen molar-refractivity contribution in [3.63, 3.8) is 0 Å². The Kier molecular flexibility index (Phi) is 6.74. The first-order valence-electron chi connectivity index (χ1n) is 10.9. The number of nitrogens with zero attached hydrogens (tertiary/aromatic N) is 3. The van der Waals surface area contributed by atoms with Gasteiger partial charge in [-0.3, -0.25) is 24.6 Å². The Balaban J connectivity index is 1.21. The van der Waals surface area contributed by atoms with Gasteiger partial charge in [0.05, 0.1) is 4.92 Å². The number of aryl methyl sites for hydroxylation is 1. The number of nitrogens with one attached hydrogen (secondary N) is 1. The molecule has 2 amide bonds. The fourth-order valence-corrected chi connectivity index (χ4v) is 3.91. The van der Waals surface area contributed by atoms with Crippen LogP contribution in [0.2, 0.25) is 0 Å². The number of ether oxygens (including phenoxy) is 2. The van der Waals surface area contributed by atoms with Gasteiger partial charge >= 0.3 is 0 Å². The third-order valence-corrected chi connectivity index (χ3v) is 5.82. The third kappa shape index (κ3) is 5.40. The Morgan fingerprint density at radius 3 is 2.55 bits per heavy atom. The normalized spacial score (nSPS) is 18.0. The Morgan fingerprint density at radius 1 is 1.12 bits per heavy atom. The number of piperazine rings is 1. The van der Waals surface area contributed by atoms with Crippen LogP contribution in [0, 0.1) is 17.0 Å². The molecule has 1 fully saturated rings. The number of nitro groups is 1. The van der Waals surface area contributed by atoms with Crippen LogP contribution in [0.4, 0.5) is 11.4 Å². The van der Waals surface area contributed by atoms with Gasteiger partial charge in [-0.05, 0) is 30.7 Å². The zero-order valence-corrected chi connectivity index (χ0v) is 18.4. The van der Waals surface area contributed by atoms with Crippen LogP contribution < -0.4 is 14.8 Å². The lowest BCUT2D eigenvalue weighted by molar-refractivity contribution is -0.384. The minimum Gasteiger partial charge on any atom is -0.485 e. The molecular formula is C23H26N4O6. The molecule has 0 saturated carbocycles. The molecule has 2 aliphatic heterocycles. The predicted octanol–water partition coefficient (Wildman–Crippen LogP) is 2.22. The monoisotopic (exact) mass is 454 g/mol. The van der Waals surface area contributed by atoms with Crippen LogP contribution in [0.1, 0.15) is 12.0 Å². The van der Waals surface area contributed by atoms with Crippen LogP contribution in [0.15, 0.2) is 42.5 Å². The third-order valence-electron chi connectivity index (χ3n) is 5.82. The second-order valence-electron chi connectivity index (χ2n) is 8.09. The van der Waals surface area contributed by atoms with Gasteiger partial charge in [0.2, 0.25) is 12.0 Å². The van der Waals surface area contributed by atoms with Gasteiger partial charge in [0.1, 0.15) is 6.61 Å². The summed E-state index contributed by atoms with van der Waals surface area (Å²) in [5.41, 5.74) is 1.20. The summed E-state index contributed by atoms with van der Waals surface area (Å²) < 4.78 is 11.5. The lowest BCUT2D eigenvalue weighted by atomic mass is 10.1. The molecule has 1 saturated heterocycles. The summed E-state index contributed by atoms with van der Waals surface area (Å²) in [5, 5.41) is 13.7. The molecule has 1 N–H and O–H groups in total. The molecule has 2 aromatic carbocycles. The lowest BCUT2D eigenvalue weighted by Gasteiger charge is -2.37. The van der Waals surface area contributed by atoms with E-state index in [1.165, 1.54) is 12.1 Å². The highest BCUT2D eigenvalue weighted by molar-refractivity contribution is 5.91. The van der Waals surface area contributed by atoms with E-state index in [4.69, 9.17) is 9.47 Å². The smallest absolute Gasteiger partial charge is 0.269 e. The zero-order valence-electron chi connectivity index (χ0n) is 18.4. The van der Waals surface area contributed by atoms with Crippen molar-refractivity contribution in [2.24, 2.45) is 0 Å². The number of para-hydroxylation sites is 2. The van der Waals surface area contributed by atoms with Crippen LogP contribution >= 0.6 is 0 Å². The van der Waals surface area contributed by atoms with Crippen molar-refractivity contribution in [1.29, 1.82) is 0 Å². The van der Waals surface area contributed by atoms with Gasteiger partial charge in [0, 0.05) is 57.0 Å². The van der Waals surface area contributed by atoms with Crippen molar-refractivity contribution in [2.45, 2.75) is 19.4 Å². The van der Waals surface area contributed by atoms with E-state index in [2.05, 4.69) is 10.2 Å². The second kappa shape index (κ2) is 9.86. The highest BCUT2D eigenvalue weighted by atomic mass is 16.6. The molecule has 2 aliphatic rings. The number of carbonyl (C=O) groups excluding carboxylic acids is 2. The van der Waals surface area contributed by atoms with Crippen molar-refractivity contribution in [3.8, 4) is 11.5 Å². The molecule has 0 radical (unpaired) electrons. The molecule has 0 bridgehead atoms. The summed E-state index contributed by atoms with van der Waals surface area (Å²) in [6.07, 6.45) is -0.358. The van der Waals surface area contributed by atoms with E-state index in [9.17, 15) is 19.7 Å². The number of anilines is 1. The average molecular weight is 454 g/mol. The van der Waals surface area contributed by atoms with Gasteiger partial charge in [-0.25, -0.2) is 0 Å². The minimum absolute atomic E-state index is 0.00712. The van der Waals surface area contributed by atoms with Gasteiger partial charge in [-0.2, -0.15) is 0 Å². The Hall–Kier alpha value is -3.66. The number of hydrogen-bond acceptors (Lipinski definition) is 7. The van der Waals surface area contributed by atoms with Gasteiger partial charge in [-0.1, -0.05) is 12.1 Å². The van der Waals surface area contributed by atoms with Crippen LogP contribution in [0.5, 0.6) is 11.5 Å². The number of hydrogen-bond donors (Lipinski definition) is 1. The Bertz CT molecular complexity index is 1050. The number of rotatable bonds is 6. The molecule has 33 heavy (non-hydrogen) atoms. The number of carbonyl (C=O) groups is 2. The van der Waals surface area contributed by atoms with E-state index in [-0.39, 0.29) is 24.1 Å². The van der Waals surface area contributed by atoms with Gasteiger partial charge in [0.25, 0.3) is 11.6 Å².